The molecule has 3 aromatic rings. The third-order valence-electron chi connectivity index (χ3n) is 7.53. The third kappa shape index (κ3) is 7.91. The Bertz CT molecular complexity index is 1270. The molecule has 3 aromatic carbocycles. The van der Waals surface area contributed by atoms with E-state index in [1.54, 1.807) is 30.3 Å². The minimum Gasteiger partial charge on any atom is -0.465 e. The minimum absolute atomic E-state index is 0.0821. The summed E-state index contributed by atoms with van der Waals surface area (Å²) in [6.07, 6.45) is 3.01. The molecule has 2 N–H and O–H groups in total. The summed E-state index contributed by atoms with van der Waals surface area (Å²) in [6.45, 7) is 0.195. The summed E-state index contributed by atoms with van der Waals surface area (Å²) in [5, 5.41) is 21.9. The number of carbonyl (C=O) groups is 1. The summed E-state index contributed by atoms with van der Waals surface area (Å²) < 4.78 is 29.0. The van der Waals surface area contributed by atoms with E-state index in [0.717, 1.165) is 43.2 Å². The highest BCUT2D eigenvalue weighted by Gasteiger charge is 2.36. The second kappa shape index (κ2) is 13.7. The number of benzene rings is 3. The zero-order valence-electron chi connectivity index (χ0n) is 22.2. The number of sulfonamides is 1. The fraction of sp³-hybridized carbons (Fsp3) is 0.387. The molecule has 0 aliphatic heterocycles. The number of hydrogen-bond donors (Lipinski definition) is 2. The standard InChI is InChI=1S/C31H38N2O5S/c34-30(24-32(22-26-15-7-2-8-16-26)39(37,38)28-19-11-4-12-20-28)29(21-25-13-5-1-6-14-25)33(31(35)36)23-27-17-9-3-10-18-27/h1,3-6,9-14,17-20,26,29-30,34H,2,7-8,15-16,21-24H2,(H,35,36)/t29?,30-/m1/s1. The van der Waals surface area contributed by atoms with E-state index in [-0.39, 0.29) is 30.3 Å². The number of rotatable bonds is 12. The van der Waals surface area contributed by atoms with Crippen LogP contribution >= 0.6 is 0 Å². The van der Waals surface area contributed by atoms with E-state index in [4.69, 9.17) is 0 Å². The Balaban J connectivity index is 1.66. The highest BCUT2D eigenvalue weighted by molar-refractivity contribution is 7.89. The molecular weight excluding hydrogens is 512 g/mol. The quantitative estimate of drug-likeness (QED) is 0.314. The van der Waals surface area contributed by atoms with Gasteiger partial charge in [-0.1, -0.05) is 98.1 Å². The van der Waals surface area contributed by atoms with E-state index >= 15 is 0 Å². The fourth-order valence-electron chi connectivity index (χ4n) is 5.42. The molecule has 0 radical (unpaired) electrons. The smallest absolute Gasteiger partial charge is 0.407 e. The number of aliphatic hydroxyl groups is 1. The maximum Gasteiger partial charge on any atom is 0.407 e. The number of nitrogens with zero attached hydrogens (tertiary/aromatic N) is 2. The zero-order chi connectivity index (χ0) is 27.7. The molecule has 1 aliphatic rings. The Morgan fingerprint density at radius 1 is 0.821 bits per heavy atom. The first-order chi connectivity index (χ1) is 18.8. The first-order valence-electron chi connectivity index (χ1n) is 13.7. The van der Waals surface area contributed by atoms with Crippen LogP contribution in [0.1, 0.15) is 43.2 Å². The van der Waals surface area contributed by atoms with Gasteiger partial charge in [-0.15, -0.1) is 0 Å². The monoisotopic (exact) mass is 550 g/mol. The highest BCUT2D eigenvalue weighted by atomic mass is 32.2. The normalized spacial score (nSPS) is 16.1. The van der Waals surface area contributed by atoms with E-state index in [9.17, 15) is 23.4 Å². The molecule has 1 saturated carbocycles. The number of carboxylic acid groups (broad SMARTS) is 1. The molecule has 208 valence electrons. The van der Waals surface area contributed by atoms with Crippen molar-refractivity contribution in [1.29, 1.82) is 0 Å². The van der Waals surface area contributed by atoms with Crippen LogP contribution in [-0.4, -0.2) is 59.2 Å². The van der Waals surface area contributed by atoms with Crippen LogP contribution in [0, 0.1) is 5.92 Å². The second-order valence-electron chi connectivity index (χ2n) is 10.4. The second-order valence-corrected chi connectivity index (χ2v) is 12.3. The highest BCUT2D eigenvalue weighted by Crippen LogP contribution is 2.28. The molecule has 39 heavy (non-hydrogen) atoms. The van der Waals surface area contributed by atoms with Crippen LogP contribution in [0.15, 0.2) is 95.9 Å². The summed E-state index contributed by atoms with van der Waals surface area (Å²) in [6, 6.07) is 26.1. The molecular formula is C31H38N2O5S. The van der Waals surface area contributed by atoms with E-state index in [2.05, 4.69) is 0 Å². The molecule has 0 saturated heterocycles. The van der Waals surface area contributed by atoms with E-state index < -0.39 is 28.3 Å². The number of hydrogen-bond acceptors (Lipinski definition) is 4. The maximum atomic E-state index is 13.8. The Labute approximate surface area is 231 Å². The van der Waals surface area contributed by atoms with Gasteiger partial charge in [0.2, 0.25) is 10.0 Å². The van der Waals surface area contributed by atoms with Gasteiger partial charge >= 0.3 is 6.09 Å². The van der Waals surface area contributed by atoms with Gasteiger partial charge in [0.25, 0.3) is 0 Å². The van der Waals surface area contributed by atoms with Crippen LogP contribution in [0.4, 0.5) is 4.79 Å². The Kier molecular flexibility index (Phi) is 10.1. The lowest BCUT2D eigenvalue weighted by molar-refractivity contribution is 0.0327. The van der Waals surface area contributed by atoms with Crippen LogP contribution < -0.4 is 0 Å². The van der Waals surface area contributed by atoms with E-state index in [1.165, 1.54) is 9.21 Å². The first kappa shape index (κ1) is 28.8. The molecule has 2 atom stereocenters. The van der Waals surface area contributed by atoms with Crippen molar-refractivity contribution in [3.8, 4) is 0 Å². The lowest BCUT2D eigenvalue weighted by Gasteiger charge is -2.36. The van der Waals surface area contributed by atoms with Crippen molar-refractivity contribution in [3.05, 3.63) is 102 Å². The van der Waals surface area contributed by atoms with Crippen molar-refractivity contribution in [2.75, 3.05) is 13.1 Å². The van der Waals surface area contributed by atoms with Crippen molar-refractivity contribution in [3.63, 3.8) is 0 Å². The van der Waals surface area contributed by atoms with Crippen molar-refractivity contribution in [1.82, 2.24) is 9.21 Å². The molecule has 0 spiro atoms. The molecule has 0 bridgehead atoms. The van der Waals surface area contributed by atoms with Gasteiger partial charge in [0.1, 0.15) is 0 Å². The molecule has 1 amide bonds. The predicted octanol–water partition coefficient (Wildman–Crippen LogP) is 5.41. The first-order valence-corrected chi connectivity index (χ1v) is 15.1. The average molecular weight is 551 g/mol. The number of amides is 1. The fourth-order valence-corrected chi connectivity index (χ4v) is 6.97. The molecule has 8 heteroatoms. The summed E-state index contributed by atoms with van der Waals surface area (Å²) in [5.41, 5.74) is 1.66. The van der Waals surface area contributed by atoms with Crippen LogP contribution in [0.25, 0.3) is 0 Å². The van der Waals surface area contributed by atoms with Gasteiger partial charge in [-0.25, -0.2) is 13.2 Å². The Morgan fingerprint density at radius 2 is 1.36 bits per heavy atom. The summed E-state index contributed by atoms with van der Waals surface area (Å²) >= 11 is 0. The molecule has 0 aromatic heterocycles. The predicted molar refractivity (Wildman–Crippen MR) is 152 cm³/mol. The van der Waals surface area contributed by atoms with Gasteiger partial charge in [-0.3, -0.25) is 4.90 Å². The van der Waals surface area contributed by atoms with Crippen molar-refractivity contribution in [2.45, 2.75) is 62.1 Å². The van der Waals surface area contributed by atoms with E-state index in [0.29, 0.717) is 6.54 Å². The van der Waals surface area contributed by atoms with Gasteiger partial charge in [-0.2, -0.15) is 4.31 Å². The van der Waals surface area contributed by atoms with Gasteiger partial charge in [0.15, 0.2) is 0 Å². The molecule has 1 aliphatic carbocycles. The molecule has 7 nitrogen and oxygen atoms in total. The lowest BCUT2D eigenvalue weighted by atomic mass is 9.89. The Hall–Kier alpha value is -3.20. The largest absolute Gasteiger partial charge is 0.465 e. The summed E-state index contributed by atoms with van der Waals surface area (Å²) in [4.78, 5) is 14.0. The van der Waals surface area contributed by atoms with Crippen molar-refractivity contribution >= 4 is 16.1 Å². The topological polar surface area (TPSA) is 98.1 Å². The molecule has 1 fully saturated rings. The van der Waals surface area contributed by atoms with E-state index in [1.807, 2.05) is 60.7 Å². The summed E-state index contributed by atoms with van der Waals surface area (Å²) in [5.74, 6) is 0.205. The van der Waals surface area contributed by atoms with Gasteiger partial charge in [0.05, 0.1) is 17.0 Å². The van der Waals surface area contributed by atoms with Crippen molar-refractivity contribution in [2.24, 2.45) is 5.92 Å². The molecule has 4 rings (SSSR count). The maximum absolute atomic E-state index is 13.8. The van der Waals surface area contributed by atoms with Gasteiger partial charge in [-0.05, 0) is 48.4 Å². The van der Waals surface area contributed by atoms with Crippen LogP contribution in [-0.2, 0) is 23.0 Å². The average Bonchev–Trinajstić information content (AvgIpc) is 2.96. The number of aliphatic hydroxyl groups excluding tert-OH is 1. The van der Waals surface area contributed by atoms with Crippen LogP contribution in [0.3, 0.4) is 0 Å². The van der Waals surface area contributed by atoms with Gasteiger partial charge in [0, 0.05) is 19.6 Å². The van der Waals surface area contributed by atoms with Gasteiger partial charge < -0.3 is 10.2 Å². The molecule has 1 unspecified atom stereocenters. The van der Waals surface area contributed by atoms with Crippen LogP contribution in [0.2, 0.25) is 0 Å². The lowest BCUT2D eigenvalue weighted by Crippen LogP contribution is -2.52. The van der Waals surface area contributed by atoms with Crippen LogP contribution in [0.5, 0.6) is 0 Å². The minimum atomic E-state index is -3.90. The Morgan fingerprint density at radius 3 is 1.92 bits per heavy atom. The summed E-state index contributed by atoms with van der Waals surface area (Å²) in [7, 11) is -3.90. The SMILES string of the molecule is O=C(O)N(Cc1ccccc1)C(Cc1ccccc1)[C@H](O)CN(CC1CCCCC1)S(=O)(=O)c1ccccc1. The molecule has 0 heterocycles. The zero-order valence-corrected chi connectivity index (χ0v) is 23.0. The third-order valence-corrected chi connectivity index (χ3v) is 9.38. The van der Waals surface area contributed by atoms with Crippen molar-refractivity contribution < 1.29 is 23.4 Å².